The van der Waals surface area contributed by atoms with Crippen LogP contribution in [0, 0.1) is 12.9 Å². The van der Waals surface area contributed by atoms with E-state index in [2.05, 4.69) is 132 Å². The van der Waals surface area contributed by atoms with Gasteiger partial charge in [0, 0.05) is 11.4 Å². The van der Waals surface area contributed by atoms with Crippen LogP contribution < -0.4 is 9.80 Å². The molecule has 1 aromatic heterocycles. The Bertz CT molecular complexity index is 1160. The van der Waals surface area contributed by atoms with Gasteiger partial charge in [0.15, 0.2) is 0 Å². The fraction of sp³-hybridized carbons (Fsp3) is 0.500. The Balaban J connectivity index is 0.000000659. The Morgan fingerprint density at radius 2 is 0.915 bits per heavy atom. The number of rotatable bonds is 14. The molecule has 1 aliphatic rings. The van der Waals surface area contributed by atoms with E-state index < -0.39 is 0 Å². The summed E-state index contributed by atoms with van der Waals surface area (Å²) in [6.07, 6.45) is 18.2. The van der Waals surface area contributed by atoms with Crippen molar-refractivity contribution in [1.29, 1.82) is 0 Å². The molecule has 0 spiro atoms. The van der Waals surface area contributed by atoms with E-state index in [1.807, 2.05) is 0 Å². The molecule has 4 rings (SSSR count). The van der Waals surface area contributed by atoms with Gasteiger partial charge in [-0.25, -0.2) is 0 Å². The molecule has 3 nitrogen and oxygen atoms in total. The molecule has 0 saturated heterocycles. The van der Waals surface area contributed by atoms with Crippen molar-refractivity contribution in [3.05, 3.63) is 107 Å². The van der Waals surface area contributed by atoms with E-state index >= 15 is 0 Å². The summed E-state index contributed by atoms with van der Waals surface area (Å²) in [6.45, 7) is 21.1. The van der Waals surface area contributed by atoms with Crippen molar-refractivity contribution in [3.63, 3.8) is 0 Å². The van der Waals surface area contributed by atoms with Crippen LogP contribution in [0.1, 0.15) is 153 Å². The summed E-state index contributed by atoms with van der Waals surface area (Å²) in [4.78, 5) is 8.52. The van der Waals surface area contributed by atoms with E-state index in [0.717, 1.165) is 0 Å². The standard InChI is InChI=1S/C35H53N2.C5H3ClN.2ClH.Pd/c1-9-26(10-2)30-19-17-20-31(27(11-3)12-4)34(30)36-23-24-37(25-36)35-32(28(13-5)14-6)21-18-22-33(35)29(15-7)16-8;6-5-2-1-3-7-4-5;;;/h17-29H,9-16H2,1-8H3;1-3H;2*1H;/q2*-1;;;+2/p-2. The number of aromatic nitrogens is 1. The number of benzene rings is 2. The van der Waals surface area contributed by atoms with Crippen molar-refractivity contribution in [1.82, 2.24) is 4.98 Å². The van der Waals surface area contributed by atoms with Gasteiger partial charge in [0.25, 0.3) is 0 Å². The number of hydrogen-bond acceptors (Lipinski definition) is 3. The molecule has 0 saturated carbocycles. The molecular weight excluding hydrogens is 735 g/mol. The zero-order valence-corrected chi connectivity index (χ0v) is 33.5. The first-order valence-corrected chi connectivity index (χ1v) is 21.9. The number of anilines is 2. The third-order valence-electron chi connectivity index (χ3n) is 9.63. The van der Waals surface area contributed by atoms with Gasteiger partial charge in [0.1, 0.15) is 0 Å². The Kier molecular flexibility index (Phi) is 20.4. The van der Waals surface area contributed by atoms with Crippen molar-refractivity contribution in [3.8, 4) is 0 Å². The molecule has 3 aromatic rings. The predicted molar refractivity (Wildman–Crippen MR) is 204 cm³/mol. The Morgan fingerprint density at radius 1 is 0.596 bits per heavy atom. The van der Waals surface area contributed by atoms with Crippen molar-refractivity contribution in [2.24, 2.45) is 0 Å². The van der Waals surface area contributed by atoms with Crippen LogP contribution >= 0.6 is 30.7 Å². The molecule has 264 valence electrons. The van der Waals surface area contributed by atoms with Crippen LogP contribution in [0.5, 0.6) is 0 Å². The monoisotopic (exact) mass is 789 g/mol. The number of nitrogens with zero attached hydrogens (tertiary/aromatic N) is 3. The number of pyridine rings is 1. The summed E-state index contributed by atoms with van der Waals surface area (Å²) < 4.78 is 0. The second-order valence-electron chi connectivity index (χ2n) is 12.0. The summed E-state index contributed by atoms with van der Waals surface area (Å²) in [5.41, 5.74) is 8.87. The molecule has 0 fully saturated rings. The molecule has 2 heterocycles. The van der Waals surface area contributed by atoms with Gasteiger partial charge < -0.3 is 14.8 Å². The van der Waals surface area contributed by atoms with Crippen LogP contribution in [0.15, 0.2) is 67.1 Å². The summed E-state index contributed by atoms with van der Waals surface area (Å²) in [5.74, 6) is 2.32. The molecule has 7 heteroatoms. The second-order valence-corrected chi connectivity index (χ2v) is 14.8. The van der Waals surface area contributed by atoms with Gasteiger partial charge in [-0.1, -0.05) is 109 Å². The van der Waals surface area contributed by atoms with Gasteiger partial charge >= 0.3 is 35.0 Å². The average molecular weight is 792 g/mol. The average Bonchev–Trinajstić information content (AvgIpc) is 3.58. The van der Waals surface area contributed by atoms with Crippen molar-refractivity contribution in [2.45, 2.75) is 130 Å². The fourth-order valence-electron chi connectivity index (χ4n) is 6.91. The van der Waals surface area contributed by atoms with Crippen LogP contribution in [0.3, 0.4) is 0 Å². The molecule has 0 radical (unpaired) electrons. The third kappa shape index (κ3) is 11.5. The molecule has 0 bridgehead atoms. The van der Waals surface area contributed by atoms with E-state index in [-0.39, 0.29) is 15.9 Å². The van der Waals surface area contributed by atoms with Gasteiger partial charge in [-0.05, 0) is 110 Å². The first-order chi connectivity index (χ1) is 22.8. The van der Waals surface area contributed by atoms with Gasteiger partial charge in [0.2, 0.25) is 0 Å². The van der Waals surface area contributed by atoms with Crippen molar-refractivity contribution >= 4 is 42.0 Å². The number of hydrogen-bond donors (Lipinski definition) is 0. The quantitative estimate of drug-likeness (QED) is 0.120. The SMILES string of the molecule is CCC(CC)c1cccc(C(CC)CC)c1N1C=CN(c2c(C(CC)CC)cccc2C(CC)CC)[CH-]1.Clc1[c-]nccc1.[Cl][Pd][Cl]. The van der Waals surface area contributed by atoms with Crippen molar-refractivity contribution in [2.75, 3.05) is 9.80 Å². The van der Waals surface area contributed by atoms with E-state index in [1.54, 1.807) is 18.3 Å². The first kappa shape index (κ1) is 41.6. The fourth-order valence-corrected chi connectivity index (χ4v) is 7.04. The van der Waals surface area contributed by atoms with Gasteiger partial charge in [-0.15, -0.1) is 24.3 Å². The van der Waals surface area contributed by atoms with Gasteiger partial charge in [0.05, 0.1) is 0 Å². The van der Waals surface area contributed by atoms with E-state index in [1.165, 1.54) is 85.0 Å². The van der Waals surface area contributed by atoms with Gasteiger partial charge in [-0.3, -0.25) is 0 Å². The maximum atomic E-state index is 5.42. The zero-order chi connectivity index (χ0) is 34.8. The molecule has 0 unspecified atom stereocenters. The Labute approximate surface area is 308 Å². The Morgan fingerprint density at radius 3 is 1.13 bits per heavy atom. The van der Waals surface area contributed by atoms with E-state index in [4.69, 9.17) is 30.7 Å². The van der Waals surface area contributed by atoms with Crippen LogP contribution in [-0.4, -0.2) is 4.98 Å². The molecular formula is C40H56Cl3N3Pd-2. The van der Waals surface area contributed by atoms with Gasteiger partial charge in [-0.2, -0.15) is 6.07 Å². The number of halogens is 3. The van der Waals surface area contributed by atoms with Crippen molar-refractivity contribution < 1.29 is 15.9 Å². The minimum atomic E-state index is -0.106. The molecule has 0 N–H and O–H groups in total. The molecule has 0 atom stereocenters. The van der Waals surface area contributed by atoms with E-state index in [0.29, 0.717) is 28.7 Å². The summed E-state index contributed by atoms with van der Waals surface area (Å²) in [5, 5.41) is 0.558. The summed E-state index contributed by atoms with van der Waals surface area (Å²) in [7, 11) is 9.63. The van der Waals surface area contributed by atoms with Crippen LogP contribution in [-0.2, 0) is 15.9 Å². The third-order valence-corrected chi connectivity index (χ3v) is 9.84. The maximum absolute atomic E-state index is 5.42. The summed E-state index contributed by atoms with van der Waals surface area (Å²) >= 11 is 5.32. The first-order valence-electron chi connectivity index (χ1n) is 17.5. The Hall–Kier alpha value is -1.54. The predicted octanol–water partition coefficient (Wildman–Crippen LogP) is 14.1. The topological polar surface area (TPSA) is 19.4 Å². The van der Waals surface area contributed by atoms with Crippen LogP contribution in [0.4, 0.5) is 11.4 Å². The second kappa shape index (κ2) is 23.0. The van der Waals surface area contributed by atoms with E-state index in [9.17, 15) is 0 Å². The zero-order valence-electron chi connectivity index (χ0n) is 29.7. The molecule has 0 amide bonds. The number of para-hydroxylation sites is 2. The normalized spacial score (nSPS) is 12.7. The molecule has 1 aliphatic heterocycles. The summed E-state index contributed by atoms with van der Waals surface area (Å²) in [6, 6.07) is 17.6. The molecule has 2 aromatic carbocycles. The van der Waals surface area contributed by atoms with Crippen LogP contribution in [0.25, 0.3) is 0 Å². The minimum absolute atomic E-state index is 0.106. The van der Waals surface area contributed by atoms with Crippen LogP contribution in [0.2, 0.25) is 5.02 Å². The molecule has 0 aliphatic carbocycles. The molecule has 47 heavy (non-hydrogen) atoms.